The van der Waals surface area contributed by atoms with Crippen LogP contribution in [0.5, 0.6) is 11.5 Å². The van der Waals surface area contributed by atoms with Crippen LogP contribution in [0.15, 0.2) is 12.1 Å². The lowest BCUT2D eigenvalue weighted by Crippen LogP contribution is -2.20. The van der Waals surface area contributed by atoms with Gasteiger partial charge in [0.2, 0.25) is 0 Å². The van der Waals surface area contributed by atoms with E-state index in [1.165, 1.54) is 12.7 Å². The number of nitrogens with one attached hydrogen (secondary N) is 1. The zero-order valence-electron chi connectivity index (χ0n) is 14.9. The molecule has 2 aromatic rings. The second kappa shape index (κ2) is 8.22. The Morgan fingerprint density at radius 3 is 2.64 bits per heavy atom. The molecule has 0 saturated carbocycles. The smallest absolute Gasteiger partial charge is 0.255 e. The zero-order chi connectivity index (χ0) is 18.6. The molecule has 0 atom stereocenters. The number of rotatable bonds is 8. The van der Waals surface area contributed by atoms with Gasteiger partial charge in [-0.15, -0.1) is 0 Å². The van der Waals surface area contributed by atoms with Gasteiger partial charge < -0.3 is 20.5 Å². The fourth-order valence-electron chi connectivity index (χ4n) is 2.56. The quantitative estimate of drug-likeness (QED) is 0.744. The Morgan fingerprint density at radius 1 is 1.36 bits per heavy atom. The highest BCUT2D eigenvalue weighted by Crippen LogP contribution is 2.36. The second-order valence-corrected chi connectivity index (χ2v) is 6.15. The molecule has 3 N–H and O–H groups in total. The standard InChI is InChI=1S/C17H23ClN4O3/c1-10-13(11(2)22(3)21-10)8-20-7-12-5-14(18)17(15(6-12)24-4)25-9-16(19)23/h5-6,20H,7-9H2,1-4H3,(H2,19,23). The number of nitrogens with two attached hydrogens (primary N) is 1. The molecule has 1 amide bonds. The highest BCUT2D eigenvalue weighted by molar-refractivity contribution is 6.32. The molecule has 7 nitrogen and oxygen atoms in total. The van der Waals surface area contributed by atoms with E-state index in [0.29, 0.717) is 29.6 Å². The van der Waals surface area contributed by atoms with Crippen molar-refractivity contribution in [3.05, 3.63) is 39.7 Å². The van der Waals surface area contributed by atoms with Crippen LogP contribution in [0.1, 0.15) is 22.5 Å². The number of methoxy groups -OCH3 is 1. The van der Waals surface area contributed by atoms with Crippen LogP contribution in [0.4, 0.5) is 0 Å². The number of ether oxygens (including phenoxy) is 2. The number of benzene rings is 1. The molecule has 0 aliphatic rings. The fraction of sp³-hybridized carbons (Fsp3) is 0.412. The van der Waals surface area contributed by atoms with E-state index in [0.717, 1.165) is 17.0 Å². The minimum Gasteiger partial charge on any atom is -0.493 e. The Labute approximate surface area is 152 Å². The maximum atomic E-state index is 10.9. The van der Waals surface area contributed by atoms with Crippen molar-refractivity contribution in [3.8, 4) is 11.5 Å². The Bertz CT molecular complexity index is 774. The number of aryl methyl sites for hydroxylation is 2. The molecule has 1 aromatic carbocycles. The molecule has 136 valence electrons. The molecule has 0 saturated heterocycles. The summed E-state index contributed by atoms with van der Waals surface area (Å²) < 4.78 is 12.5. The van der Waals surface area contributed by atoms with Gasteiger partial charge in [0.1, 0.15) is 0 Å². The van der Waals surface area contributed by atoms with Gasteiger partial charge in [0.15, 0.2) is 18.1 Å². The normalized spacial score (nSPS) is 10.8. The van der Waals surface area contributed by atoms with E-state index < -0.39 is 5.91 Å². The third-order valence-corrected chi connectivity index (χ3v) is 4.22. The van der Waals surface area contributed by atoms with E-state index in [-0.39, 0.29) is 6.61 Å². The maximum absolute atomic E-state index is 10.9. The van der Waals surface area contributed by atoms with Gasteiger partial charge in [-0.3, -0.25) is 9.48 Å². The number of hydrogen-bond acceptors (Lipinski definition) is 5. The third-order valence-electron chi connectivity index (χ3n) is 3.94. The summed E-state index contributed by atoms with van der Waals surface area (Å²) in [7, 11) is 3.45. The summed E-state index contributed by atoms with van der Waals surface area (Å²) in [5, 5.41) is 8.15. The molecule has 1 heterocycles. The lowest BCUT2D eigenvalue weighted by Gasteiger charge is -2.14. The van der Waals surface area contributed by atoms with Crippen LogP contribution in [0.2, 0.25) is 5.02 Å². The molecule has 0 unspecified atom stereocenters. The van der Waals surface area contributed by atoms with Gasteiger partial charge in [0, 0.05) is 31.4 Å². The molecule has 1 aromatic heterocycles. The number of nitrogens with zero attached hydrogens (tertiary/aromatic N) is 2. The lowest BCUT2D eigenvalue weighted by molar-refractivity contribution is -0.119. The first-order valence-electron chi connectivity index (χ1n) is 7.80. The van der Waals surface area contributed by atoms with Gasteiger partial charge in [-0.25, -0.2) is 0 Å². The summed E-state index contributed by atoms with van der Waals surface area (Å²) >= 11 is 6.25. The molecule has 8 heteroatoms. The van der Waals surface area contributed by atoms with Crippen molar-refractivity contribution in [2.24, 2.45) is 12.8 Å². The third kappa shape index (κ3) is 4.64. The number of primary amides is 1. The van der Waals surface area contributed by atoms with Crippen molar-refractivity contribution >= 4 is 17.5 Å². The summed E-state index contributed by atoms with van der Waals surface area (Å²) in [6, 6.07) is 3.59. The molecule has 2 rings (SSSR count). The van der Waals surface area contributed by atoms with Crippen molar-refractivity contribution in [1.82, 2.24) is 15.1 Å². The predicted octanol–water partition coefficient (Wildman–Crippen LogP) is 1.85. The highest BCUT2D eigenvalue weighted by Gasteiger charge is 2.14. The minimum absolute atomic E-state index is 0.257. The van der Waals surface area contributed by atoms with Crippen molar-refractivity contribution in [2.45, 2.75) is 26.9 Å². The number of amides is 1. The molecule has 0 spiro atoms. The zero-order valence-corrected chi connectivity index (χ0v) is 15.6. The molecular weight excluding hydrogens is 344 g/mol. The Hall–Kier alpha value is -2.25. The summed E-state index contributed by atoms with van der Waals surface area (Å²) in [5.41, 5.74) is 9.36. The van der Waals surface area contributed by atoms with Gasteiger partial charge in [0.05, 0.1) is 17.8 Å². The van der Waals surface area contributed by atoms with E-state index in [1.54, 1.807) is 6.07 Å². The Morgan fingerprint density at radius 2 is 2.08 bits per heavy atom. The lowest BCUT2D eigenvalue weighted by atomic mass is 10.1. The average Bonchev–Trinajstić information content (AvgIpc) is 2.79. The first kappa shape index (κ1) is 19.1. The van der Waals surface area contributed by atoms with Crippen molar-refractivity contribution in [1.29, 1.82) is 0 Å². The fourth-order valence-corrected chi connectivity index (χ4v) is 2.85. The SMILES string of the molecule is COc1cc(CNCc2c(C)nn(C)c2C)cc(Cl)c1OCC(N)=O. The Balaban J connectivity index is 2.07. The number of halogens is 1. The maximum Gasteiger partial charge on any atom is 0.255 e. The van der Waals surface area contributed by atoms with E-state index in [2.05, 4.69) is 10.4 Å². The largest absolute Gasteiger partial charge is 0.493 e. The van der Waals surface area contributed by atoms with Gasteiger partial charge >= 0.3 is 0 Å². The molecule has 0 radical (unpaired) electrons. The number of carbonyl (C=O) groups is 1. The van der Waals surface area contributed by atoms with Gasteiger partial charge in [-0.1, -0.05) is 11.6 Å². The van der Waals surface area contributed by atoms with Crippen LogP contribution in [0.3, 0.4) is 0 Å². The van der Waals surface area contributed by atoms with Crippen molar-refractivity contribution < 1.29 is 14.3 Å². The number of carbonyl (C=O) groups excluding carboxylic acids is 1. The summed E-state index contributed by atoms with van der Waals surface area (Å²) in [6.07, 6.45) is 0. The first-order chi connectivity index (χ1) is 11.8. The Kier molecular flexibility index (Phi) is 6.27. The van der Waals surface area contributed by atoms with E-state index in [1.807, 2.05) is 31.6 Å². The molecule has 25 heavy (non-hydrogen) atoms. The molecule has 0 aliphatic heterocycles. The van der Waals surface area contributed by atoms with E-state index in [4.69, 9.17) is 26.8 Å². The number of aromatic nitrogens is 2. The molecule has 0 aliphatic carbocycles. The van der Waals surface area contributed by atoms with Crippen molar-refractivity contribution in [2.75, 3.05) is 13.7 Å². The van der Waals surface area contributed by atoms with Crippen LogP contribution in [0.25, 0.3) is 0 Å². The number of hydrogen-bond donors (Lipinski definition) is 2. The van der Waals surface area contributed by atoms with Crippen LogP contribution >= 0.6 is 11.6 Å². The van der Waals surface area contributed by atoms with Gasteiger partial charge in [0.25, 0.3) is 5.91 Å². The minimum atomic E-state index is -0.578. The predicted molar refractivity (Wildman–Crippen MR) is 95.9 cm³/mol. The topological polar surface area (TPSA) is 91.4 Å². The molecular formula is C17H23ClN4O3. The summed E-state index contributed by atoms with van der Waals surface area (Å²) in [5.74, 6) is 0.191. The van der Waals surface area contributed by atoms with Gasteiger partial charge in [-0.05, 0) is 31.5 Å². The van der Waals surface area contributed by atoms with Crippen LogP contribution < -0.4 is 20.5 Å². The van der Waals surface area contributed by atoms with E-state index in [9.17, 15) is 4.79 Å². The monoisotopic (exact) mass is 366 g/mol. The molecule has 0 fully saturated rings. The summed E-state index contributed by atoms with van der Waals surface area (Å²) in [6.45, 7) is 5.08. The van der Waals surface area contributed by atoms with Gasteiger partial charge in [-0.2, -0.15) is 5.10 Å². The first-order valence-corrected chi connectivity index (χ1v) is 8.18. The van der Waals surface area contributed by atoms with Crippen LogP contribution in [-0.4, -0.2) is 29.4 Å². The van der Waals surface area contributed by atoms with Crippen molar-refractivity contribution in [3.63, 3.8) is 0 Å². The molecule has 0 bridgehead atoms. The van der Waals surface area contributed by atoms with Crippen LogP contribution in [-0.2, 0) is 24.9 Å². The summed E-state index contributed by atoms with van der Waals surface area (Å²) in [4.78, 5) is 10.9. The average molecular weight is 367 g/mol. The van der Waals surface area contributed by atoms with E-state index >= 15 is 0 Å². The second-order valence-electron chi connectivity index (χ2n) is 5.74. The highest BCUT2D eigenvalue weighted by atomic mass is 35.5. The van der Waals surface area contributed by atoms with Crippen LogP contribution in [0, 0.1) is 13.8 Å².